The summed E-state index contributed by atoms with van der Waals surface area (Å²) < 4.78 is 5.38. The predicted octanol–water partition coefficient (Wildman–Crippen LogP) is 2.86. The Morgan fingerprint density at radius 1 is 1.38 bits per heavy atom. The molecular weight excluding hydrogens is 336 g/mol. The Bertz CT molecular complexity index is 579. The Hall–Kier alpha value is -1.87. The van der Waals surface area contributed by atoms with Crippen molar-refractivity contribution in [1.82, 2.24) is 4.90 Å². The highest BCUT2D eigenvalue weighted by molar-refractivity contribution is 9.10. The number of hydrogen-bond donors (Lipinski definition) is 0. The Morgan fingerprint density at radius 3 is 2.57 bits per heavy atom. The van der Waals surface area contributed by atoms with Gasteiger partial charge in [0.05, 0.1) is 24.3 Å². The first-order valence-electron chi connectivity index (χ1n) is 6.44. The summed E-state index contributed by atoms with van der Waals surface area (Å²) >= 11 is 3.29. The van der Waals surface area contributed by atoms with Crippen LogP contribution in [-0.4, -0.2) is 37.0 Å². The Morgan fingerprint density at radius 2 is 2.05 bits per heavy atom. The highest BCUT2D eigenvalue weighted by Crippen LogP contribution is 2.20. The zero-order chi connectivity index (χ0) is 16.0. The van der Waals surface area contributed by atoms with Gasteiger partial charge >= 0.3 is 5.97 Å². The Balaban J connectivity index is 3.23. The van der Waals surface area contributed by atoms with E-state index in [9.17, 15) is 9.59 Å². The van der Waals surface area contributed by atoms with Crippen LogP contribution in [-0.2, 0) is 4.74 Å². The van der Waals surface area contributed by atoms with Crippen LogP contribution in [0.4, 0.5) is 0 Å². The maximum Gasteiger partial charge on any atom is 0.338 e. The van der Waals surface area contributed by atoms with Crippen molar-refractivity contribution in [3.63, 3.8) is 0 Å². The van der Waals surface area contributed by atoms with E-state index in [2.05, 4.69) is 15.9 Å². The zero-order valence-electron chi connectivity index (χ0n) is 12.2. The first-order valence-corrected chi connectivity index (χ1v) is 7.24. The average molecular weight is 353 g/mol. The van der Waals surface area contributed by atoms with Gasteiger partial charge in [-0.05, 0) is 24.1 Å². The quantitative estimate of drug-likeness (QED) is 0.603. The second-order valence-electron chi connectivity index (χ2n) is 4.92. The molecule has 5 nitrogen and oxygen atoms in total. The number of nitriles is 1. The molecule has 0 fully saturated rings. The summed E-state index contributed by atoms with van der Waals surface area (Å²) in [7, 11) is 1.26. The van der Waals surface area contributed by atoms with E-state index in [0.29, 0.717) is 11.0 Å². The summed E-state index contributed by atoms with van der Waals surface area (Å²) in [5.41, 5.74) is 0.421. The largest absolute Gasteiger partial charge is 0.465 e. The van der Waals surface area contributed by atoms with Crippen molar-refractivity contribution in [2.45, 2.75) is 13.8 Å². The average Bonchev–Trinajstić information content (AvgIpc) is 2.44. The van der Waals surface area contributed by atoms with E-state index in [4.69, 9.17) is 10.00 Å². The number of carbonyl (C=O) groups is 2. The number of benzene rings is 1. The van der Waals surface area contributed by atoms with E-state index in [1.54, 1.807) is 12.1 Å². The van der Waals surface area contributed by atoms with E-state index in [-0.39, 0.29) is 29.5 Å². The van der Waals surface area contributed by atoms with E-state index in [0.717, 1.165) is 0 Å². The minimum Gasteiger partial charge on any atom is -0.465 e. The molecule has 0 N–H and O–H groups in total. The van der Waals surface area contributed by atoms with Crippen molar-refractivity contribution in [3.8, 4) is 6.07 Å². The number of amides is 1. The topological polar surface area (TPSA) is 70.4 Å². The molecule has 21 heavy (non-hydrogen) atoms. The minimum absolute atomic E-state index is 0.0237. The molecule has 0 aliphatic carbocycles. The fraction of sp³-hybridized carbons (Fsp3) is 0.400. The SMILES string of the molecule is COC(=O)c1ccc(Br)cc1C(=O)N(CC#N)CC(C)C. The van der Waals surface area contributed by atoms with Crippen LogP contribution in [0.5, 0.6) is 0 Å². The first-order chi connectivity index (χ1) is 9.90. The predicted molar refractivity (Wildman–Crippen MR) is 81.8 cm³/mol. The zero-order valence-corrected chi connectivity index (χ0v) is 13.8. The molecule has 0 aromatic heterocycles. The molecule has 0 aliphatic heterocycles. The van der Waals surface area contributed by atoms with Crippen LogP contribution in [0.1, 0.15) is 34.6 Å². The molecule has 1 amide bonds. The van der Waals surface area contributed by atoms with Gasteiger partial charge in [-0.3, -0.25) is 4.79 Å². The lowest BCUT2D eigenvalue weighted by Crippen LogP contribution is -2.35. The molecule has 0 bridgehead atoms. The lowest BCUT2D eigenvalue weighted by atomic mass is 10.1. The van der Waals surface area contributed by atoms with Crippen molar-refractivity contribution in [1.29, 1.82) is 5.26 Å². The van der Waals surface area contributed by atoms with E-state index in [1.165, 1.54) is 18.1 Å². The Labute approximate surface area is 132 Å². The van der Waals surface area contributed by atoms with Gasteiger partial charge in [0.2, 0.25) is 0 Å². The van der Waals surface area contributed by atoms with Gasteiger partial charge in [0.25, 0.3) is 5.91 Å². The molecule has 0 spiro atoms. The van der Waals surface area contributed by atoms with Crippen LogP contribution in [0.2, 0.25) is 0 Å². The third-order valence-corrected chi connectivity index (χ3v) is 3.24. The number of nitrogens with zero attached hydrogens (tertiary/aromatic N) is 2. The van der Waals surface area contributed by atoms with Gasteiger partial charge in [-0.15, -0.1) is 0 Å². The number of methoxy groups -OCH3 is 1. The fourth-order valence-corrected chi connectivity index (χ4v) is 2.26. The van der Waals surface area contributed by atoms with Gasteiger partial charge in [-0.1, -0.05) is 29.8 Å². The molecule has 6 heteroatoms. The normalized spacial score (nSPS) is 10.1. The number of halogens is 1. The smallest absolute Gasteiger partial charge is 0.338 e. The lowest BCUT2D eigenvalue weighted by Gasteiger charge is -2.22. The lowest BCUT2D eigenvalue weighted by molar-refractivity contribution is 0.0590. The minimum atomic E-state index is -0.577. The van der Waals surface area contributed by atoms with Gasteiger partial charge < -0.3 is 9.64 Å². The maximum atomic E-state index is 12.6. The van der Waals surface area contributed by atoms with Crippen LogP contribution in [0.15, 0.2) is 22.7 Å². The second-order valence-corrected chi connectivity index (χ2v) is 5.83. The summed E-state index contributed by atoms with van der Waals surface area (Å²) in [5.74, 6) is -0.713. The third kappa shape index (κ3) is 4.57. The van der Waals surface area contributed by atoms with Crippen molar-refractivity contribution in [2.75, 3.05) is 20.2 Å². The molecule has 1 rings (SSSR count). The van der Waals surface area contributed by atoms with Gasteiger partial charge in [0, 0.05) is 11.0 Å². The van der Waals surface area contributed by atoms with Crippen LogP contribution in [0.3, 0.4) is 0 Å². The molecule has 0 unspecified atom stereocenters. The van der Waals surface area contributed by atoms with E-state index >= 15 is 0 Å². The van der Waals surface area contributed by atoms with Crippen LogP contribution >= 0.6 is 15.9 Å². The monoisotopic (exact) mass is 352 g/mol. The summed E-state index contributed by atoms with van der Waals surface area (Å²) in [6, 6.07) is 6.74. The summed E-state index contributed by atoms with van der Waals surface area (Å²) in [4.78, 5) is 25.8. The highest BCUT2D eigenvalue weighted by atomic mass is 79.9. The first kappa shape index (κ1) is 17.2. The summed E-state index contributed by atoms with van der Waals surface area (Å²) in [5, 5.41) is 8.88. The maximum absolute atomic E-state index is 12.6. The highest BCUT2D eigenvalue weighted by Gasteiger charge is 2.23. The third-order valence-electron chi connectivity index (χ3n) is 2.75. The molecule has 0 saturated carbocycles. The van der Waals surface area contributed by atoms with Gasteiger partial charge in [-0.2, -0.15) is 5.26 Å². The molecule has 0 aliphatic rings. The van der Waals surface area contributed by atoms with Crippen molar-refractivity contribution >= 4 is 27.8 Å². The van der Waals surface area contributed by atoms with Crippen molar-refractivity contribution < 1.29 is 14.3 Å². The molecule has 1 aromatic rings. The van der Waals surface area contributed by atoms with E-state index < -0.39 is 5.97 Å². The van der Waals surface area contributed by atoms with Crippen molar-refractivity contribution in [3.05, 3.63) is 33.8 Å². The molecule has 0 saturated heterocycles. The molecule has 0 heterocycles. The number of hydrogen-bond acceptors (Lipinski definition) is 4. The standard InChI is InChI=1S/C15H17BrN2O3/c1-10(2)9-18(7-6-17)14(19)13-8-11(16)4-5-12(13)15(20)21-3/h4-5,8,10H,7,9H2,1-3H3. The van der Waals surface area contributed by atoms with Crippen LogP contribution in [0.25, 0.3) is 0 Å². The number of esters is 1. The molecule has 0 radical (unpaired) electrons. The van der Waals surface area contributed by atoms with Gasteiger partial charge in [-0.25, -0.2) is 4.79 Å². The molecule has 112 valence electrons. The number of rotatable bonds is 5. The Kier molecular flexibility index (Phi) is 6.38. The molecule has 0 atom stereocenters. The van der Waals surface area contributed by atoms with Gasteiger partial charge in [0.15, 0.2) is 0 Å². The van der Waals surface area contributed by atoms with Crippen molar-refractivity contribution in [2.24, 2.45) is 5.92 Å². The fourth-order valence-electron chi connectivity index (χ4n) is 1.90. The van der Waals surface area contributed by atoms with E-state index in [1.807, 2.05) is 19.9 Å². The van der Waals surface area contributed by atoms with Crippen LogP contribution in [0, 0.1) is 17.2 Å². The second kappa shape index (κ2) is 7.79. The molecular formula is C15H17BrN2O3. The number of ether oxygens (including phenoxy) is 1. The van der Waals surface area contributed by atoms with Gasteiger partial charge in [0.1, 0.15) is 6.54 Å². The summed E-state index contributed by atoms with van der Waals surface area (Å²) in [6.07, 6.45) is 0. The van der Waals surface area contributed by atoms with Crippen LogP contribution < -0.4 is 0 Å². The summed E-state index contributed by atoms with van der Waals surface area (Å²) in [6.45, 7) is 4.34. The number of carbonyl (C=O) groups excluding carboxylic acids is 2. The molecule has 1 aromatic carbocycles.